The first-order chi connectivity index (χ1) is 38.6. The Labute approximate surface area is 455 Å². The molecule has 4 fully saturated rings. The molecule has 0 unspecified atom stereocenters. The second kappa shape index (κ2) is 17.8. The van der Waals surface area contributed by atoms with E-state index in [1.165, 1.54) is 92.9 Å². The van der Waals surface area contributed by atoms with Crippen molar-refractivity contribution in [1.29, 1.82) is 0 Å². The van der Waals surface area contributed by atoms with E-state index >= 15 is 0 Å². The monoisotopic (exact) mass is 1000 g/mol. The molecule has 2 aromatic heterocycles. The second-order valence-corrected chi connectivity index (χ2v) is 22.7. The van der Waals surface area contributed by atoms with E-state index in [1.54, 1.807) is 11.1 Å². The fourth-order valence-corrected chi connectivity index (χ4v) is 15.8. The topological polar surface area (TPSA) is 43.6 Å². The standard InChI is InChI=1S/C74H56N4/c1-4-17-51(18-5-1)70-75-71(77-72(76-70)53-35-38-61(39-36-53)78-68-29-14-10-25-62(68)63-26-11-15-30-69(63)78)52-33-31-50(32-34-52)54-19-16-20-55(46-54)56-37-40-66-67(47-56)74(59-42-48-41-49(44-59)45-60(74)43-48)65-28-13-12-27-64(65)73(66,57-21-6-2-7-22-57)58-23-8-3-9-24-58/h1-40,46-49,59-60H,41-45H2. The molecule has 0 radical (unpaired) electrons. The summed E-state index contributed by atoms with van der Waals surface area (Å²) in [4.78, 5) is 15.4. The third kappa shape index (κ3) is 6.81. The summed E-state index contributed by atoms with van der Waals surface area (Å²) >= 11 is 0. The van der Waals surface area contributed by atoms with Gasteiger partial charge in [0, 0.05) is 38.6 Å². The molecule has 4 saturated carbocycles. The van der Waals surface area contributed by atoms with Crippen molar-refractivity contribution in [1.82, 2.24) is 19.5 Å². The van der Waals surface area contributed by atoms with Crippen molar-refractivity contribution in [3.05, 3.63) is 288 Å². The Balaban J connectivity index is 0.782. The van der Waals surface area contributed by atoms with Gasteiger partial charge in [0.1, 0.15) is 0 Å². The summed E-state index contributed by atoms with van der Waals surface area (Å²) in [5, 5.41) is 2.48. The molecular formula is C74H56N4. The van der Waals surface area contributed by atoms with Crippen LogP contribution in [0.2, 0.25) is 0 Å². The van der Waals surface area contributed by atoms with E-state index in [0.29, 0.717) is 29.3 Å². The Hall–Kier alpha value is -8.99. The zero-order chi connectivity index (χ0) is 51.4. The minimum atomic E-state index is -0.462. The normalized spacial score (nSPS) is 20.5. The van der Waals surface area contributed by atoms with E-state index < -0.39 is 5.41 Å². The summed E-state index contributed by atoms with van der Waals surface area (Å²) in [7, 11) is 0. The second-order valence-electron chi connectivity index (χ2n) is 22.7. The number of fused-ring (bicyclic) bond motifs is 5. The van der Waals surface area contributed by atoms with Crippen molar-refractivity contribution in [2.24, 2.45) is 23.7 Å². The molecule has 0 saturated heterocycles. The Morgan fingerprint density at radius 3 is 1.29 bits per heavy atom. The van der Waals surface area contributed by atoms with Crippen LogP contribution in [0.3, 0.4) is 0 Å². The van der Waals surface area contributed by atoms with Gasteiger partial charge in [-0.15, -0.1) is 0 Å². The summed E-state index contributed by atoms with van der Waals surface area (Å²) < 4.78 is 2.34. The minimum Gasteiger partial charge on any atom is -0.309 e. The van der Waals surface area contributed by atoms with Crippen LogP contribution in [-0.2, 0) is 10.8 Å². The highest BCUT2D eigenvalue weighted by Crippen LogP contribution is 2.70. The summed E-state index contributed by atoms with van der Waals surface area (Å²) in [6, 6.07) is 94.2. The zero-order valence-electron chi connectivity index (χ0n) is 43.4. The van der Waals surface area contributed by atoms with Crippen molar-refractivity contribution in [2.75, 3.05) is 0 Å². The lowest BCUT2D eigenvalue weighted by Gasteiger charge is -2.65. The summed E-state index contributed by atoms with van der Waals surface area (Å²) in [6.45, 7) is 0. The van der Waals surface area contributed by atoms with Gasteiger partial charge >= 0.3 is 0 Å². The molecule has 0 N–H and O–H groups in total. The van der Waals surface area contributed by atoms with Crippen molar-refractivity contribution < 1.29 is 0 Å². The molecule has 1 spiro atoms. The van der Waals surface area contributed by atoms with E-state index in [1.807, 2.05) is 18.2 Å². The smallest absolute Gasteiger partial charge is 0.164 e. The van der Waals surface area contributed by atoms with Gasteiger partial charge in [0.2, 0.25) is 0 Å². The number of aromatic nitrogens is 4. The van der Waals surface area contributed by atoms with E-state index in [4.69, 9.17) is 15.0 Å². The molecule has 0 atom stereocenters. The van der Waals surface area contributed by atoms with Crippen LogP contribution in [0.15, 0.2) is 255 Å². The largest absolute Gasteiger partial charge is 0.309 e. The molecule has 0 amide bonds. The summed E-state index contributed by atoms with van der Waals surface area (Å²) in [5.41, 5.74) is 19.3. The zero-order valence-corrected chi connectivity index (χ0v) is 43.4. The molecule has 372 valence electrons. The third-order valence-electron chi connectivity index (χ3n) is 18.8. The van der Waals surface area contributed by atoms with Crippen LogP contribution < -0.4 is 0 Å². The Bertz CT molecular complexity index is 4130. The average Bonchev–Trinajstić information content (AvgIpc) is 4.01. The fraction of sp³-hybridized carbons (Fsp3) is 0.149. The highest BCUT2D eigenvalue weighted by molar-refractivity contribution is 6.09. The molecule has 78 heavy (non-hydrogen) atoms. The lowest BCUT2D eigenvalue weighted by Crippen LogP contribution is -2.59. The number of nitrogens with zero attached hydrogens (tertiary/aromatic N) is 4. The van der Waals surface area contributed by atoms with Crippen LogP contribution in [0.1, 0.15) is 65.5 Å². The predicted octanol–water partition coefficient (Wildman–Crippen LogP) is 17.7. The number of para-hydroxylation sites is 2. The molecule has 0 aliphatic heterocycles. The number of hydrogen-bond donors (Lipinski definition) is 0. The van der Waals surface area contributed by atoms with Crippen LogP contribution in [0, 0.1) is 23.7 Å². The van der Waals surface area contributed by atoms with E-state index in [0.717, 1.165) is 39.8 Å². The number of hydrogen-bond acceptors (Lipinski definition) is 3. The van der Waals surface area contributed by atoms with Gasteiger partial charge in [-0.25, -0.2) is 15.0 Å². The first-order valence-corrected chi connectivity index (χ1v) is 28.1. The highest BCUT2D eigenvalue weighted by Gasteiger charge is 2.63. The van der Waals surface area contributed by atoms with Gasteiger partial charge in [-0.05, 0) is 160 Å². The molecule has 4 bridgehead atoms. The van der Waals surface area contributed by atoms with Gasteiger partial charge in [-0.1, -0.05) is 206 Å². The maximum Gasteiger partial charge on any atom is 0.164 e. The van der Waals surface area contributed by atoms with Crippen LogP contribution in [0.5, 0.6) is 0 Å². The molecule has 10 aromatic carbocycles. The Kier molecular flexibility index (Phi) is 10.3. The van der Waals surface area contributed by atoms with Crippen molar-refractivity contribution in [3.8, 4) is 62.1 Å². The van der Waals surface area contributed by atoms with Crippen molar-refractivity contribution in [2.45, 2.75) is 42.9 Å². The summed E-state index contributed by atoms with van der Waals surface area (Å²) in [5.74, 6) is 4.88. The minimum absolute atomic E-state index is 0.0396. The van der Waals surface area contributed by atoms with Gasteiger partial charge in [0.25, 0.3) is 0 Å². The third-order valence-corrected chi connectivity index (χ3v) is 18.8. The predicted molar refractivity (Wildman–Crippen MR) is 317 cm³/mol. The van der Waals surface area contributed by atoms with Crippen LogP contribution >= 0.6 is 0 Å². The molecule has 4 nitrogen and oxygen atoms in total. The average molecular weight is 1000 g/mol. The van der Waals surface area contributed by atoms with Gasteiger partial charge < -0.3 is 4.57 Å². The maximum atomic E-state index is 5.18. The van der Waals surface area contributed by atoms with Gasteiger partial charge in [-0.2, -0.15) is 0 Å². The first kappa shape index (κ1) is 45.2. The molecule has 4 heteroatoms. The Morgan fingerprint density at radius 1 is 0.308 bits per heavy atom. The SMILES string of the molecule is c1ccc(-c2nc(-c3ccc(-c4cccc(-c5ccc6c(c5)C5(c7ccccc7C6(c6ccccc6)c6ccccc6)C6CC7CC(C6)CC5C7)c4)cc3)nc(-c3ccc(-n4c5ccccc5c5ccccc54)cc3)n2)cc1. The molecule has 12 aromatic rings. The molecular weight excluding hydrogens is 945 g/mol. The van der Waals surface area contributed by atoms with Crippen LogP contribution in [0.25, 0.3) is 83.9 Å². The van der Waals surface area contributed by atoms with Crippen molar-refractivity contribution >= 4 is 21.8 Å². The van der Waals surface area contributed by atoms with Crippen molar-refractivity contribution in [3.63, 3.8) is 0 Å². The first-order valence-electron chi connectivity index (χ1n) is 28.1. The van der Waals surface area contributed by atoms with Gasteiger partial charge in [-0.3, -0.25) is 0 Å². The fourth-order valence-electron chi connectivity index (χ4n) is 15.8. The molecule has 5 aliphatic rings. The highest BCUT2D eigenvalue weighted by atomic mass is 15.0. The Morgan fingerprint density at radius 2 is 0.718 bits per heavy atom. The summed E-state index contributed by atoms with van der Waals surface area (Å²) in [6.07, 6.45) is 6.75. The lowest BCUT2D eigenvalue weighted by atomic mass is 9.38. The maximum absolute atomic E-state index is 5.18. The van der Waals surface area contributed by atoms with E-state index in [9.17, 15) is 0 Å². The van der Waals surface area contributed by atoms with Crippen LogP contribution in [-0.4, -0.2) is 19.5 Å². The van der Waals surface area contributed by atoms with Gasteiger partial charge in [0.15, 0.2) is 17.5 Å². The lowest BCUT2D eigenvalue weighted by molar-refractivity contribution is -0.0440. The van der Waals surface area contributed by atoms with E-state index in [-0.39, 0.29) is 5.41 Å². The number of rotatable bonds is 8. The molecule has 2 heterocycles. The molecule has 5 aliphatic carbocycles. The van der Waals surface area contributed by atoms with Gasteiger partial charge in [0.05, 0.1) is 16.4 Å². The quantitative estimate of drug-likeness (QED) is 0.152. The number of benzene rings is 10. The van der Waals surface area contributed by atoms with E-state index in [2.05, 4.69) is 241 Å². The molecule has 17 rings (SSSR count). The van der Waals surface area contributed by atoms with Crippen LogP contribution in [0.4, 0.5) is 0 Å².